The lowest BCUT2D eigenvalue weighted by Crippen LogP contribution is -2.34. The molecule has 1 aliphatic heterocycles. The maximum absolute atomic E-state index is 5.76. The van der Waals surface area contributed by atoms with Gasteiger partial charge in [0.1, 0.15) is 5.01 Å². The summed E-state index contributed by atoms with van der Waals surface area (Å²) < 4.78 is 5.41. The molecule has 90 valence electrons. The van der Waals surface area contributed by atoms with Crippen LogP contribution in [0.15, 0.2) is 5.38 Å². The largest absolute Gasteiger partial charge is 0.380 e. The molecule has 0 aromatic carbocycles. The minimum absolute atomic E-state index is 0.341. The number of alkyl halides is 1. The lowest BCUT2D eigenvalue weighted by Gasteiger charge is -2.28. The van der Waals surface area contributed by atoms with Crippen LogP contribution in [0, 0.1) is 0 Å². The normalized spacial score (nSPS) is 22.9. The first-order valence-electron chi connectivity index (χ1n) is 5.52. The fraction of sp³-hybridized carbons (Fsp3) is 0.727. The molecular weight excluding hydrogens is 244 g/mol. The lowest BCUT2D eigenvalue weighted by atomic mass is 10.2. The Hall–Kier alpha value is -0.160. The molecule has 1 saturated heterocycles. The van der Waals surface area contributed by atoms with Crippen molar-refractivity contribution in [1.29, 1.82) is 0 Å². The van der Waals surface area contributed by atoms with Crippen molar-refractivity contribution in [3.63, 3.8) is 0 Å². The molecule has 2 rings (SSSR count). The number of thiazole rings is 1. The molecule has 0 N–H and O–H groups in total. The predicted octanol–water partition coefficient (Wildman–Crippen LogP) is 2.66. The van der Waals surface area contributed by atoms with E-state index in [1.165, 1.54) is 0 Å². The SMILES string of the molecule is CC(c1nc(CCl)cs1)N(C)C1CCOC1. The van der Waals surface area contributed by atoms with Gasteiger partial charge in [-0.15, -0.1) is 22.9 Å². The monoisotopic (exact) mass is 260 g/mol. The van der Waals surface area contributed by atoms with Crippen molar-refractivity contribution in [2.24, 2.45) is 0 Å². The molecule has 0 bridgehead atoms. The number of likely N-dealkylation sites (N-methyl/N-ethyl adjacent to an activating group) is 1. The van der Waals surface area contributed by atoms with Gasteiger partial charge in [0.25, 0.3) is 0 Å². The van der Waals surface area contributed by atoms with Gasteiger partial charge < -0.3 is 4.74 Å². The highest BCUT2D eigenvalue weighted by Crippen LogP contribution is 2.26. The smallest absolute Gasteiger partial charge is 0.110 e. The third-order valence-electron chi connectivity index (χ3n) is 3.16. The summed E-state index contributed by atoms with van der Waals surface area (Å²) in [5.74, 6) is 0.499. The lowest BCUT2D eigenvalue weighted by molar-refractivity contribution is 0.138. The quantitative estimate of drug-likeness (QED) is 0.779. The summed E-state index contributed by atoms with van der Waals surface area (Å²) in [7, 11) is 2.14. The van der Waals surface area contributed by atoms with Gasteiger partial charge in [-0.1, -0.05) is 0 Å². The molecule has 1 aliphatic rings. The van der Waals surface area contributed by atoms with Gasteiger partial charge in [0.05, 0.1) is 24.2 Å². The molecule has 0 saturated carbocycles. The van der Waals surface area contributed by atoms with Crippen molar-refractivity contribution in [3.8, 4) is 0 Å². The molecule has 2 unspecified atom stereocenters. The van der Waals surface area contributed by atoms with Gasteiger partial charge in [0.2, 0.25) is 0 Å². The molecule has 2 atom stereocenters. The average molecular weight is 261 g/mol. The summed E-state index contributed by atoms with van der Waals surface area (Å²) in [5.41, 5.74) is 0.976. The van der Waals surface area contributed by atoms with Crippen molar-refractivity contribution in [2.75, 3.05) is 20.3 Å². The van der Waals surface area contributed by atoms with Crippen molar-refractivity contribution < 1.29 is 4.74 Å². The van der Waals surface area contributed by atoms with Crippen molar-refractivity contribution >= 4 is 22.9 Å². The Bertz CT molecular complexity index is 338. The number of nitrogens with zero attached hydrogens (tertiary/aromatic N) is 2. The molecule has 0 amide bonds. The van der Waals surface area contributed by atoms with Crippen LogP contribution in [0.3, 0.4) is 0 Å². The second-order valence-corrected chi connectivity index (χ2v) is 5.33. The summed E-state index contributed by atoms with van der Waals surface area (Å²) in [4.78, 5) is 6.88. The molecule has 2 heterocycles. The van der Waals surface area contributed by atoms with Crippen LogP contribution in [0.4, 0.5) is 0 Å². The first-order chi connectivity index (χ1) is 7.72. The summed E-state index contributed by atoms with van der Waals surface area (Å²) in [6, 6.07) is 0.868. The number of hydrogen-bond donors (Lipinski definition) is 0. The maximum Gasteiger partial charge on any atom is 0.110 e. The Morgan fingerprint density at radius 3 is 3.12 bits per heavy atom. The molecule has 16 heavy (non-hydrogen) atoms. The highest BCUT2D eigenvalue weighted by atomic mass is 35.5. The van der Waals surface area contributed by atoms with E-state index >= 15 is 0 Å². The fourth-order valence-electron chi connectivity index (χ4n) is 1.91. The van der Waals surface area contributed by atoms with E-state index in [2.05, 4.69) is 23.9 Å². The van der Waals surface area contributed by atoms with Crippen molar-refractivity contribution in [1.82, 2.24) is 9.88 Å². The van der Waals surface area contributed by atoms with E-state index in [1.54, 1.807) is 11.3 Å². The molecule has 0 spiro atoms. The average Bonchev–Trinajstić information content (AvgIpc) is 2.97. The zero-order valence-electron chi connectivity index (χ0n) is 9.65. The standard InChI is InChI=1S/C11H17ClN2OS/c1-8(11-13-9(5-12)7-16-11)14(2)10-3-4-15-6-10/h7-8,10H,3-6H2,1-2H3. The van der Waals surface area contributed by atoms with Crippen LogP contribution in [0.25, 0.3) is 0 Å². The van der Waals surface area contributed by atoms with Crippen LogP contribution in [0.5, 0.6) is 0 Å². The summed E-state index contributed by atoms with van der Waals surface area (Å²) in [5, 5.41) is 3.18. The summed E-state index contributed by atoms with van der Waals surface area (Å²) in [6.45, 7) is 3.91. The minimum atomic E-state index is 0.341. The first kappa shape index (κ1) is 12.3. The van der Waals surface area contributed by atoms with E-state index in [0.717, 1.165) is 30.3 Å². The molecule has 1 fully saturated rings. The third kappa shape index (κ3) is 2.56. The summed E-state index contributed by atoms with van der Waals surface area (Å²) >= 11 is 7.45. The molecule has 1 aromatic heterocycles. The van der Waals surface area contributed by atoms with E-state index in [0.29, 0.717) is 18.0 Å². The van der Waals surface area contributed by atoms with E-state index < -0.39 is 0 Å². The van der Waals surface area contributed by atoms with Crippen LogP contribution in [0.1, 0.15) is 30.1 Å². The topological polar surface area (TPSA) is 25.4 Å². The van der Waals surface area contributed by atoms with E-state index in [-0.39, 0.29) is 0 Å². The first-order valence-corrected chi connectivity index (χ1v) is 6.93. The predicted molar refractivity (Wildman–Crippen MR) is 67.1 cm³/mol. The summed E-state index contributed by atoms with van der Waals surface area (Å²) in [6.07, 6.45) is 1.12. The minimum Gasteiger partial charge on any atom is -0.380 e. The van der Waals surface area contributed by atoms with E-state index in [4.69, 9.17) is 16.3 Å². The number of rotatable bonds is 4. The van der Waals surface area contributed by atoms with E-state index in [9.17, 15) is 0 Å². The van der Waals surface area contributed by atoms with Gasteiger partial charge in [-0.3, -0.25) is 4.90 Å². The molecule has 0 aliphatic carbocycles. The number of aromatic nitrogens is 1. The Balaban J connectivity index is 2.02. The van der Waals surface area contributed by atoms with E-state index in [1.807, 2.05) is 5.38 Å². The van der Waals surface area contributed by atoms with Gasteiger partial charge in [-0.25, -0.2) is 4.98 Å². The van der Waals surface area contributed by atoms with Crippen LogP contribution in [-0.4, -0.2) is 36.2 Å². The molecule has 5 heteroatoms. The Kier molecular flexibility index (Phi) is 4.19. The highest BCUT2D eigenvalue weighted by molar-refractivity contribution is 7.09. The van der Waals surface area contributed by atoms with Crippen LogP contribution < -0.4 is 0 Å². The van der Waals surface area contributed by atoms with Gasteiger partial charge in [-0.05, 0) is 20.4 Å². The van der Waals surface area contributed by atoms with Crippen molar-refractivity contribution in [3.05, 3.63) is 16.1 Å². The van der Waals surface area contributed by atoms with Crippen LogP contribution in [0.2, 0.25) is 0 Å². The zero-order chi connectivity index (χ0) is 11.5. The zero-order valence-corrected chi connectivity index (χ0v) is 11.2. The van der Waals surface area contributed by atoms with Crippen LogP contribution >= 0.6 is 22.9 Å². The highest BCUT2D eigenvalue weighted by Gasteiger charge is 2.26. The van der Waals surface area contributed by atoms with Gasteiger partial charge in [-0.2, -0.15) is 0 Å². The van der Waals surface area contributed by atoms with Crippen LogP contribution in [-0.2, 0) is 10.6 Å². The molecule has 3 nitrogen and oxygen atoms in total. The van der Waals surface area contributed by atoms with Gasteiger partial charge >= 0.3 is 0 Å². The molecule has 1 aromatic rings. The fourth-order valence-corrected chi connectivity index (χ4v) is 3.06. The number of hydrogen-bond acceptors (Lipinski definition) is 4. The second-order valence-electron chi connectivity index (χ2n) is 4.17. The maximum atomic E-state index is 5.76. The Morgan fingerprint density at radius 2 is 2.56 bits per heavy atom. The Morgan fingerprint density at radius 1 is 1.75 bits per heavy atom. The van der Waals surface area contributed by atoms with Gasteiger partial charge in [0.15, 0.2) is 0 Å². The number of halogens is 1. The second kappa shape index (κ2) is 5.45. The van der Waals surface area contributed by atoms with Gasteiger partial charge in [0, 0.05) is 18.0 Å². The van der Waals surface area contributed by atoms with Crippen molar-refractivity contribution in [2.45, 2.75) is 31.3 Å². The molecule has 0 radical (unpaired) electrons. The third-order valence-corrected chi connectivity index (χ3v) is 4.49. The molecular formula is C11H17ClN2OS. The number of ether oxygens (including phenoxy) is 1. The Labute approximate surface area is 105 Å².